The maximum Gasteiger partial charge on any atom is 0.338 e. The first-order valence-corrected chi connectivity index (χ1v) is 4.77. The SMILES string of the molecule is CCC=C(C(=O)OC)c1cccc(O)c1. The van der Waals surface area contributed by atoms with Gasteiger partial charge in [0.05, 0.1) is 12.7 Å². The molecule has 0 unspecified atom stereocenters. The molecule has 80 valence electrons. The molecule has 0 saturated heterocycles. The maximum atomic E-state index is 11.4. The summed E-state index contributed by atoms with van der Waals surface area (Å²) < 4.78 is 4.67. The first-order valence-electron chi connectivity index (χ1n) is 4.77. The normalized spacial score (nSPS) is 11.2. The first-order chi connectivity index (χ1) is 7.19. The van der Waals surface area contributed by atoms with Crippen molar-refractivity contribution in [1.29, 1.82) is 0 Å². The van der Waals surface area contributed by atoms with E-state index in [0.29, 0.717) is 11.1 Å². The number of aromatic hydroxyl groups is 1. The van der Waals surface area contributed by atoms with Crippen LogP contribution in [0.1, 0.15) is 18.9 Å². The van der Waals surface area contributed by atoms with E-state index < -0.39 is 0 Å². The fraction of sp³-hybridized carbons (Fsp3) is 0.250. The average molecular weight is 206 g/mol. The first kappa shape index (κ1) is 11.3. The molecule has 0 aliphatic carbocycles. The van der Waals surface area contributed by atoms with Crippen molar-refractivity contribution in [3.8, 4) is 5.75 Å². The molecule has 0 spiro atoms. The molecule has 0 aliphatic heterocycles. The van der Waals surface area contributed by atoms with Gasteiger partial charge in [0.2, 0.25) is 0 Å². The number of carbonyl (C=O) groups excluding carboxylic acids is 1. The molecule has 0 radical (unpaired) electrons. The molecule has 0 bridgehead atoms. The third kappa shape index (κ3) is 2.84. The summed E-state index contributed by atoms with van der Waals surface area (Å²) in [6.45, 7) is 1.94. The van der Waals surface area contributed by atoms with E-state index in [-0.39, 0.29) is 11.7 Å². The van der Waals surface area contributed by atoms with Gasteiger partial charge >= 0.3 is 5.97 Å². The third-order valence-electron chi connectivity index (χ3n) is 1.97. The van der Waals surface area contributed by atoms with Crippen molar-refractivity contribution < 1.29 is 14.6 Å². The van der Waals surface area contributed by atoms with Gasteiger partial charge in [-0.2, -0.15) is 0 Å². The minimum Gasteiger partial charge on any atom is -0.508 e. The number of carbonyl (C=O) groups is 1. The number of ether oxygens (including phenoxy) is 1. The molecule has 1 rings (SSSR count). The number of phenolic OH excluding ortho intramolecular Hbond substituents is 1. The number of phenols is 1. The van der Waals surface area contributed by atoms with E-state index in [2.05, 4.69) is 4.74 Å². The van der Waals surface area contributed by atoms with E-state index in [1.165, 1.54) is 7.11 Å². The Labute approximate surface area is 89.0 Å². The molecule has 1 aromatic carbocycles. The van der Waals surface area contributed by atoms with Crippen LogP contribution in [0, 0.1) is 0 Å². The Hall–Kier alpha value is -1.77. The van der Waals surface area contributed by atoms with Crippen LogP contribution in [-0.2, 0) is 9.53 Å². The Morgan fingerprint density at radius 3 is 2.80 bits per heavy atom. The van der Waals surface area contributed by atoms with E-state index in [1.54, 1.807) is 30.3 Å². The second kappa shape index (κ2) is 5.20. The maximum absolute atomic E-state index is 11.4. The molecule has 15 heavy (non-hydrogen) atoms. The smallest absolute Gasteiger partial charge is 0.338 e. The van der Waals surface area contributed by atoms with Gasteiger partial charge in [-0.25, -0.2) is 4.79 Å². The molecule has 3 heteroatoms. The lowest BCUT2D eigenvalue weighted by Crippen LogP contribution is -2.03. The van der Waals surface area contributed by atoms with Gasteiger partial charge in [-0.15, -0.1) is 0 Å². The Morgan fingerprint density at radius 1 is 1.53 bits per heavy atom. The minimum atomic E-state index is -0.387. The number of allylic oxidation sites excluding steroid dienone is 1. The zero-order chi connectivity index (χ0) is 11.3. The highest BCUT2D eigenvalue weighted by atomic mass is 16.5. The fourth-order valence-electron chi connectivity index (χ4n) is 1.31. The summed E-state index contributed by atoms with van der Waals surface area (Å²) in [5, 5.41) is 9.31. The van der Waals surface area contributed by atoms with Crippen molar-refractivity contribution in [3.05, 3.63) is 35.9 Å². The third-order valence-corrected chi connectivity index (χ3v) is 1.97. The standard InChI is InChI=1S/C12H14O3/c1-3-5-11(12(14)15-2)9-6-4-7-10(13)8-9/h4-8,13H,3H2,1-2H3. The van der Waals surface area contributed by atoms with Crippen LogP contribution in [0.2, 0.25) is 0 Å². The van der Waals surface area contributed by atoms with E-state index in [0.717, 1.165) is 6.42 Å². The van der Waals surface area contributed by atoms with Crippen LogP contribution in [0.5, 0.6) is 5.75 Å². The summed E-state index contributed by atoms with van der Waals surface area (Å²) in [4.78, 5) is 11.4. The fourth-order valence-corrected chi connectivity index (χ4v) is 1.31. The quantitative estimate of drug-likeness (QED) is 0.610. The van der Waals surface area contributed by atoms with E-state index in [9.17, 15) is 9.90 Å². The molecule has 0 atom stereocenters. The molecule has 0 heterocycles. The van der Waals surface area contributed by atoms with E-state index >= 15 is 0 Å². The topological polar surface area (TPSA) is 46.5 Å². The zero-order valence-electron chi connectivity index (χ0n) is 8.86. The Morgan fingerprint density at radius 2 is 2.27 bits per heavy atom. The number of hydrogen-bond acceptors (Lipinski definition) is 3. The Balaban J connectivity index is 3.10. The molecule has 1 aromatic rings. The molecule has 1 N–H and O–H groups in total. The number of methoxy groups -OCH3 is 1. The van der Waals surface area contributed by atoms with Gasteiger partial charge in [0.1, 0.15) is 5.75 Å². The van der Waals surface area contributed by atoms with Gasteiger partial charge in [-0.1, -0.05) is 25.1 Å². The summed E-state index contributed by atoms with van der Waals surface area (Å²) in [6, 6.07) is 6.55. The lowest BCUT2D eigenvalue weighted by atomic mass is 10.0. The van der Waals surface area contributed by atoms with Crippen molar-refractivity contribution in [2.45, 2.75) is 13.3 Å². The molecular formula is C12H14O3. The number of hydrogen-bond donors (Lipinski definition) is 1. The largest absolute Gasteiger partial charge is 0.508 e. The Bertz CT molecular complexity index is 380. The van der Waals surface area contributed by atoms with Crippen LogP contribution in [0.15, 0.2) is 30.3 Å². The average Bonchev–Trinajstić information content (AvgIpc) is 2.25. The summed E-state index contributed by atoms with van der Waals surface area (Å²) in [6.07, 6.45) is 2.51. The van der Waals surface area contributed by atoms with Crippen LogP contribution >= 0.6 is 0 Å². The summed E-state index contributed by atoms with van der Waals surface area (Å²) in [7, 11) is 1.34. The molecule has 0 fully saturated rings. The lowest BCUT2D eigenvalue weighted by Gasteiger charge is -2.05. The summed E-state index contributed by atoms with van der Waals surface area (Å²) in [5.41, 5.74) is 1.15. The molecule has 3 nitrogen and oxygen atoms in total. The molecule has 0 amide bonds. The highest BCUT2D eigenvalue weighted by Gasteiger charge is 2.11. The molecule has 0 aromatic heterocycles. The summed E-state index contributed by atoms with van der Waals surface area (Å²) in [5.74, 6) is -0.249. The number of rotatable bonds is 3. The second-order valence-electron chi connectivity index (χ2n) is 3.07. The van der Waals surface area contributed by atoms with Gasteiger partial charge in [0.25, 0.3) is 0 Å². The van der Waals surface area contributed by atoms with Crippen molar-refractivity contribution in [3.63, 3.8) is 0 Å². The van der Waals surface area contributed by atoms with Crippen LogP contribution in [0.4, 0.5) is 0 Å². The van der Waals surface area contributed by atoms with Crippen LogP contribution in [-0.4, -0.2) is 18.2 Å². The number of benzene rings is 1. The van der Waals surface area contributed by atoms with Crippen molar-refractivity contribution in [2.75, 3.05) is 7.11 Å². The highest BCUT2D eigenvalue weighted by molar-refractivity contribution is 6.16. The van der Waals surface area contributed by atoms with Gasteiger partial charge in [-0.3, -0.25) is 0 Å². The van der Waals surface area contributed by atoms with Gasteiger partial charge < -0.3 is 9.84 Å². The van der Waals surface area contributed by atoms with Crippen LogP contribution < -0.4 is 0 Å². The van der Waals surface area contributed by atoms with Gasteiger partial charge in [0.15, 0.2) is 0 Å². The predicted octanol–water partition coefficient (Wildman–Crippen LogP) is 2.36. The van der Waals surface area contributed by atoms with Crippen molar-refractivity contribution >= 4 is 11.5 Å². The van der Waals surface area contributed by atoms with Gasteiger partial charge in [0, 0.05) is 0 Å². The molecular weight excluding hydrogens is 192 g/mol. The van der Waals surface area contributed by atoms with Crippen LogP contribution in [0.25, 0.3) is 5.57 Å². The van der Waals surface area contributed by atoms with E-state index in [1.807, 2.05) is 6.92 Å². The van der Waals surface area contributed by atoms with Crippen LogP contribution in [0.3, 0.4) is 0 Å². The van der Waals surface area contributed by atoms with Gasteiger partial charge in [-0.05, 0) is 24.1 Å². The predicted molar refractivity (Wildman–Crippen MR) is 58.4 cm³/mol. The highest BCUT2D eigenvalue weighted by Crippen LogP contribution is 2.20. The second-order valence-corrected chi connectivity index (χ2v) is 3.07. The summed E-state index contributed by atoms with van der Waals surface area (Å²) >= 11 is 0. The minimum absolute atomic E-state index is 0.137. The lowest BCUT2D eigenvalue weighted by molar-refractivity contribution is -0.133. The molecule has 0 saturated carbocycles. The zero-order valence-corrected chi connectivity index (χ0v) is 8.86. The van der Waals surface area contributed by atoms with Crippen molar-refractivity contribution in [1.82, 2.24) is 0 Å². The monoisotopic (exact) mass is 206 g/mol. The van der Waals surface area contributed by atoms with E-state index in [4.69, 9.17) is 0 Å². The molecule has 0 aliphatic rings. The number of esters is 1. The van der Waals surface area contributed by atoms with Crippen molar-refractivity contribution in [2.24, 2.45) is 0 Å². The Kier molecular flexibility index (Phi) is 3.92.